The fourth-order valence-electron chi connectivity index (χ4n) is 1.56. The summed E-state index contributed by atoms with van der Waals surface area (Å²) < 4.78 is 0.217. The number of amides is 1. The molecule has 0 aromatic heterocycles. The lowest BCUT2D eigenvalue weighted by Crippen LogP contribution is -2.17. The number of thioether (sulfide) groups is 1. The van der Waals surface area contributed by atoms with Crippen LogP contribution in [-0.4, -0.2) is 25.2 Å². The smallest absolute Gasteiger partial charge is 0.318 e. The minimum Gasteiger partial charge on any atom is -0.497 e. The van der Waals surface area contributed by atoms with E-state index in [1.54, 1.807) is 0 Å². The minimum absolute atomic E-state index is 0.0357. The van der Waals surface area contributed by atoms with Gasteiger partial charge in [0.2, 0.25) is 0 Å². The molecule has 1 saturated heterocycles. The molecule has 1 heterocycles. The van der Waals surface area contributed by atoms with E-state index in [2.05, 4.69) is 5.32 Å². The van der Waals surface area contributed by atoms with E-state index in [0.29, 0.717) is 0 Å². The number of aromatic hydroxyl groups is 1. The Morgan fingerprint density at radius 3 is 2.14 bits per heavy atom. The second-order valence-corrected chi connectivity index (χ2v) is 5.49. The van der Waals surface area contributed by atoms with Gasteiger partial charge in [0, 0.05) is 12.1 Å². The molecule has 1 aliphatic heterocycles. The van der Waals surface area contributed by atoms with Gasteiger partial charge in [-0.2, -0.15) is 0 Å². The molecule has 0 bridgehead atoms. The molecule has 0 saturated carbocycles. The molecule has 0 unspecified atom stereocenters. The number of carbonyl (C=O) groups is 1. The Labute approximate surface area is 125 Å². The van der Waals surface area contributed by atoms with E-state index in [1.807, 2.05) is 0 Å². The summed E-state index contributed by atoms with van der Waals surface area (Å²) in [5.41, 5.74) is -1.60. The van der Waals surface area contributed by atoms with Gasteiger partial charge in [-0.25, -0.2) is 0 Å². The zero-order chi connectivity index (χ0) is 15.7. The maximum atomic E-state index is 11.5. The molecule has 0 radical (unpaired) electrons. The van der Waals surface area contributed by atoms with E-state index in [9.17, 15) is 30.1 Å². The van der Waals surface area contributed by atoms with Gasteiger partial charge in [0.25, 0.3) is 11.7 Å². The number of benzene rings is 1. The molecule has 21 heavy (non-hydrogen) atoms. The van der Waals surface area contributed by atoms with E-state index < -0.39 is 32.9 Å². The highest BCUT2D eigenvalue weighted by atomic mass is 32.2. The van der Waals surface area contributed by atoms with E-state index in [1.165, 1.54) is 6.08 Å². The Balaban J connectivity index is 2.57. The quantitative estimate of drug-likeness (QED) is 0.370. The van der Waals surface area contributed by atoms with Crippen molar-refractivity contribution in [3.05, 3.63) is 42.8 Å². The van der Waals surface area contributed by atoms with Crippen LogP contribution < -0.4 is 5.32 Å². The summed E-state index contributed by atoms with van der Waals surface area (Å²) in [6.45, 7) is 0. The molecular formula is C10H5N3O6S2. The first kappa shape index (κ1) is 14.9. The maximum Gasteiger partial charge on any atom is 0.318 e. The number of hydrogen-bond donors (Lipinski definition) is 2. The van der Waals surface area contributed by atoms with Crippen molar-refractivity contribution in [1.82, 2.24) is 5.32 Å². The van der Waals surface area contributed by atoms with Crippen LogP contribution in [-0.2, 0) is 4.79 Å². The van der Waals surface area contributed by atoms with Gasteiger partial charge < -0.3 is 10.4 Å². The molecule has 1 fully saturated rings. The predicted molar refractivity (Wildman–Crippen MR) is 77.7 cm³/mol. The number of nitro benzene ring substituents is 2. The van der Waals surface area contributed by atoms with Crippen LogP contribution in [0.25, 0.3) is 6.08 Å². The molecule has 2 N–H and O–H groups in total. The number of thiocarbonyl (C=S) groups is 1. The molecule has 0 spiro atoms. The van der Waals surface area contributed by atoms with Gasteiger partial charge in [-0.3, -0.25) is 25.0 Å². The number of nitro groups is 2. The molecule has 9 nitrogen and oxygen atoms in total. The van der Waals surface area contributed by atoms with Crippen molar-refractivity contribution in [2.75, 3.05) is 0 Å². The van der Waals surface area contributed by atoms with Crippen LogP contribution in [0.3, 0.4) is 0 Å². The first-order valence-corrected chi connectivity index (χ1v) is 6.42. The lowest BCUT2D eigenvalue weighted by molar-refractivity contribution is -0.396. The number of phenolic OH excluding ortho intramolecular Hbond substituents is 1. The molecule has 1 amide bonds. The van der Waals surface area contributed by atoms with Crippen molar-refractivity contribution in [3.63, 3.8) is 0 Å². The summed E-state index contributed by atoms with van der Waals surface area (Å²) in [6.07, 6.45) is 1.22. The summed E-state index contributed by atoms with van der Waals surface area (Å²) in [4.78, 5) is 31.3. The fourth-order valence-corrected chi connectivity index (χ4v) is 2.60. The zero-order valence-corrected chi connectivity index (χ0v) is 11.6. The predicted octanol–water partition coefficient (Wildman–Crippen LogP) is 1.70. The van der Waals surface area contributed by atoms with Crippen LogP contribution in [0, 0.1) is 20.2 Å². The third-order valence-corrected chi connectivity index (χ3v) is 3.59. The summed E-state index contributed by atoms with van der Waals surface area (Å²) in [5.74, 6) is -1.53. The second kappa shape index (κ2) is 5.46. The van der Waals surface area contributed by atoms with E-state index in [-0.39, 0.29) is 14.8 Å². The maximum absolute atomic E-state index is 11.5. The minimum atomic E-state index is -1.04. The first-order chi connectivity index (χ1) is 9.79. The molecule has 0 aliphatic carbocycles. The van der Waals surface area contributed by atoms with Gasteiger partial charge in [-0.1, -0.05) is 24.0 Å². The number of nitrogens with one attached hydrogen (secondary N) is 1. The number of nitrogens with zero attached hydrogens (tertiary/aromatic N) is 2. The van der Waals surface area contributed by atoms with E-state index in [0.717, 1.165) is 23.9 Å². The van der Waals surface area contributed by atoms with Crippen LogP contribution in [0.2, 0.25) is 0 Å². The third-order valence-electron chi connectivity index (χ3n) is 2.43. The summed E-state index contributed by atoms with van der Waals surface area (Å²) in [5, 5.41) is 33.4. The Morgan fingerprint density at radius 2 is 1.76 bits per heavy atom. The summed E-state index contributed by atoms with van der Waals surface area (Å²) in [7, 11) is 0. The van der Waals surface area contributed by atoms with Crippen LogP contribution in [0.1, 0.15) is 5.56 Å². The van der Waals surface area contributed by atoms with Gasteiger partial charge in [0.1, 0.15) is 4.32 Å². The molecule has 1 aromatic carbocycles. The Bertz CT molecular complexity index is 694. The van der Waals surface area contributed by atoms with E-state index in [4.69, 9.17) is 12.2 Å². The number of carbonyl (C=O) groups excluding carboxylic acids is 1. The highest BCUT2D eigenvalue weighted by molar-refractivity contribution is 8.26. The summed E-state index contributed by atoms with van der Waals surface area (Å²) in [6, 6.07) is 1.87. The lowest BCUT2D eigenvalue weighted by atomic mass is 10.1. The Morgan fingerprint density at radius 1 is 1.24 bits per heavy atom. The average molecular weight is 327 g/mol. The third kappa shape index (κ3) is 2.98. The van der Waals surface area contributed by atoms with Crippen molar-refractivity contribution < 1.29 is 19.7 Å². The zero-order valence-electron chi connectivity index (χ0n) is 9.93. The Kier molecular flexibility index (Phi) is 3.86. The Hall–Kier alpha value is -2.53. The van der Waals surface area contributed by atoms with Crippen molar-refractivity contribution in [3.8, 4) is 5.75 Å². The second-order valence-electron chi connectivity index (χ2n) is 3.77. The molecule has 2 rings (SSSR count). The van der Waals surface area contributed by atoms with Gasteiger partial charge in [-0.05, 0) is 11.6 Å². The van der Waals surface area contributed by atoms with Crippen molar-refractivity contribution in [1.29, 1.82) is 0 Å². The molecular weight excluding hydrogens is 322 g/mol. The van der Waals surface area contributed by atoms with Crippen molar-refractivity contribution in [2.24, 2.45) is 0 Å². The van der Waals surface area contributed by atoms with Crippen LogP contribution in [0.5, 0.6) is 5.75 Å². The monoisotopic (exact) mass is 327 g/mol. The van der Waals surface area contributed by atoms with Crippen molar-refractivity contribution in [2.45, 2.75) is 0 Å². The first-order valence-electron chi connectivity index (χ1n) is 5.20. The van der Waals surface area contributed by atoms with Crippen molar-refractivity contribution >= 4 is 51.7 Å². The van der Waals surface area contributed by atoms with Crippen LogP contribution >= 0.6 is 24.0 Å². The highest BCUT2D eigenvalue weighted by Gasteiger charge is 2.27. The van der Waals surface area contributed by atoms with Gasteiger partial charge in [0.05, 0.1) is 14.8 Å². The molecule has 11 heteroatoms. The van der Waals surface area contributed by atoms with Gasteiger partial charge >= 0.3 is 11.4 Å². The standard InChI is InChI=1S/C10H5N3O6S2/c14-8-5(12(16)17)1-4(2-6(8)13(18)19)3-7-9(15)11-10(20)21-7/h1-3,14H,(H,11,15,20)/b7-3+. The van der Waals surface area contributed by atoms with Gasteiger partial charge in [-0.15, -0.1) is 0 Å². The van der Waals surface area contributed by atoms with Crippen LogP contribution in [0.4, 0.5) is 11.4 Å². The number of phenols is 1. The van der Waals surface area contributed by atoms with Crippen LogP contribution in [0.15, 0.2) is 17.0 Å². The average Bonchev–Trinajstić information content (AvgIpc) is 2.69. The van der Waals surface area contributed by atoms with E-state index >= 15 is 0 Å². The lowest BCUT2D eigenvalue weighted by Gasteiger charge is -2.01. The highest BCUT2D eigenvalue weighted by Crippen LogP contribution is 2.38. The molecule has 1 aromatic rings. The molecule has 1 aliphatic rings. The number of rotatable bonds is 3. The largest absolute Gasteiger partial charge is 0.497 e. The summed E-state index contributed by atoms with van der Waals surface area (Å²) >= 11 is 5.71. The molecule has 0 atom stereocenters. The topological polar surface area (TPSA) is 136 Å². The van der Waals surface area contributed by atoms with Gasteiger partial charge in [0.15, 0.2) is 0 Å². The normalized spacial score (nSPS) is 16.1. The molecule has 108 valence electrons. The fraction of sp³-hybridized carbons (Fsp3) is 0. The SMILES string of the molecule is O=C1NC(=S)S/C1=C/c1cc([N+](=O)[O-])c(O)c([N+](=O)[O-])c1. The number of hydrogen-bond acceptors (Lipinski definition) is 8.